The van der Waals surface area contributed by atoms with Crippen LogP contribution in [-0.4, -0.2) is 23.9 Å². The number of aliphatic hydroxyl groups excluding tert-OH is 1. The van der Waals surface area contributed by atoms with Crippen molar-refractivity contribution in [1.29, 1.82) is 0 Å². The molecule has 0 saturated carbocycles. The molecule has 0 radical (unpaired) electrons. The fraction of sp³-hybridized carbons (Fsp3) is 0.600. The molecule has 1 unspecified atom stereocenters. The van der Waals surface area contributed by atoms with Gasteiger partial charge >= 0.3 is 0 Å². The van der Waals surface area contributed by atoms with Gasteiger partial charge in [-0.05, 0) is 37.5 Å². The van der Waals surface area contributed by atoms with Crippen LogP contribution in [-0.2, 0) is 6.54 Å². The Labute approximate surface area is 110 Å². The summed E-state index contributed by atoms with van der Waals surface area (Å²) in [6.07, 6.45) is -0.101. The first kappa shape index (κ1) is 15.0. The molecule has 18 heavy (non-hydrogen) atoms. The highest BCUT2D eigenvalue weighted by molar-refractivity contribution is 5.28. The largest absolute Gasteiger partial charge is 0.491 e. The van der Waals surface area contributed by atoms with Gasteiger partial charge in [0, 0.05) is 13.1 Å². The minimum absolute atomic E-state index is 0.191. The molecule has 0 aliphatic carbocycles. The molecule has 102 valence electrons. The zero-order valence-electron chi connectivity index (χ0n) is 11.8. The summed E-state index contributed by atoms with van der Waals surface area (Å²) in [4.78, 5) is 0. The molecule has 0 aliphatic rings. The maximum absolute atomic E-state index is 9.69. The van der Waals surface area contributed by atoms with Crippen molar-refractivity contribution in [3.05, 3.63) is 29.8 Å². The summed E-state index contributed by atoms with van der Waals surface area (Å²) >= 11 is 0. The van der Waals surface area contributed by atoms with E-state index in [0.29, 0.717) is 6.54 Å². The van der Waals surface area contributed by atoms with Crippen LogP contribution >= 0.6 is 0 Å². The topological polar surface area (TPSA) is 41.5 Å². The van der Waals surface area contributed by atoms with Crippen molar-refractivity contribution in [2.45, 2.75) is 46.4 Å². The number of aliphatic hydroxyl groups is 1. The zero-order valence-corrected chi connectivity index (χ0v) is 11.8. The molecule has 0 heterocycles. The predicted octanol–water partition coefficient (Wildman–Crippen LogP) is 2.58. The van der Waals surface area contributed by atoms with Crippen LogP contribution < -0.4 is 10.1 Å². The Morgan fingerprint density at radius 1 is 1.22 bits per heavy atom. The minimum Gasteiger partial charge on any atom is -0.491 e. The van der Waals surface area contributed by atoms with Gasteiger partial charge in [-0.25, -0.2) is 0 Å². The molecular weight excluding hydrogens is 226 g/mol. The third kappa shape index (κ3) is 5.52. The fourth-order valence-electron chi connectivity index (χ4n) is 1.60. The molecule has 1 aromatic rings. The molecule has 0 spiro atoms. The van der Waals surface area contributed by atoms with Gasteiger partial charge in [0.25, 0.3) is 0 Å². The molecule has 1 rings (SSSR count). The van der Waals surface area contributed by atoms with E-state index in [4.69, 9.17) is 4.74 Å². The van der Waals surface area contributed by atoms with E-state index >= 15 is 0 Å². The highest BCUT2D eigenvalue weighted by Gasteiger charge is 2.08. The predicted molar refractivity (Wildman–Crippen MR) is 74.8 cm³/mol. The molecule has 3 heteroatoms. The van der Waals surface area contributed by atoms with Gasteiger partial charge in [-0.1, -0.05) is 26.0 Å². The number of hydrogen-bond donors (Lipinski definition) is 2. The zero-order chi connectivity index (χ0) is 13.5. The van der Waals surface area contributed by atoms with Crippen LogP contribution in [0.1, 0.15) is 33.3 Å². The summed E-state index contributed by atoms with van der Waals surface area (Å²) in [5.41, 5.74) is 1.17. The van der Waals surface area contributed by atoms with Gasteiger partial charge in [-0.3, -0.25) is 0 Å². The van der Waals surface area contributed by atoms with Crippen molar-refractivity contribution in [2.75, 3.05) is 6.54 Å². The molecule has 2 N–H and O–H groups in total. The first-order valence-electron chi connectivity index (χ1n) is 6.63. The lowest BCUT2D eigenvalue weighted by Crippen LogP contribution is -2.30. The smallest absolute Gasteiger partial charge is 0.120 e. The van der Waals surface area contributed by atoms with Crippen LogP contribution in [0.2, 0.25) is 0 Å². The van der Waals surface area contributed by atoms with Gasteiger partial charge < -0.3 is 15.2 Å². The van der Waals surface area contributed by atoms with Gasteiger partial charge in [0.15, 0.2) is 0 Å². The maximum Gasteiger partial charge on any atom is 0.120 e. The van der Waals surface area contributed by atoms with Crippen LogP contribution in [0, 0.1) is 5.92 Å². The molecule has 0 saturated heterocycles. The average molecular weight is 251 g/mol. The molecule has 3 nitrogen and oxygen atoms in total. The van der Waals surface area contributed by atoms with E-state index < -0.39 is 0 Å². The van der Waals surface area contributed by atoms with Gasteiger partial charge in [0.1, 0.15) is 5.75 Å². The average Bonchev–Trinajstić information content (AvgIpc) is 2.28. The third-order valence-corrected chi connectivity index (χ3v) is 2.72. The number of rotatable bonds is 7. The molecule has 0 amide bonds. The van der Waals surface area contributed by atoms with Crippen molar-refractivity contribution in [3.63, 3.8) is 0 Å². The molecule has 1 atom stereocenters. The summed E-state index contributed by atoms with van der Waals surface area (Å²) in [5, 5.41) is 12.9. The Kier molecular flexibility index (Phi) is 6.16. The summed E-state index contributed by atoms with van der Waals surface area (Å²) in [6.45, 7) is 9.44. The maximum atomic E-state index is 9.69. The quantitative estimate of drug-likeness (QED) is 0.782. The molecule has 0 aromatic heterocycles. The van der Waals surface area contributed by atoms with E-state index in [1.165, 1.54) is 5.56 Å². The third-order valence-electron chi connectivity index (χ3n) is 2.72. The Morgan fingerprint density at radius 3 is 2.56 bits per heavy atom. The molecular formula is C15H25NO2. The second kappa shape index (κ2) is 7.39. The van der Waals surface area contributed by atoms with E-state index in [1.54, 1.807) is 0 Å². The number of benzene rings is 1. The Hall–Kier alpha value is -1.06. The van der Waals surface area contributed by atoms with Gasteiger partial charge in [-0.15, -0.1) is 0 Å². The fourth-order valence-corrected chi connectivity index (χ4v) is 1.60. The van der Waals surface area contributed by atoms with E-state index in [1.807, 2.05) is 45.9 Å². The van der Waals surface area contributed by atoms with E-state index in [0.717, 1.165) is 12.3 Å². The van der Waals surface area contributed by atoms with Crippen LogP contribution in [0.4, 0.5) is 0 Å². The Morgan fingerprint density at radius 2 is 1.94 bits per heavy atom. The summed E-state index contributed by atoms with van der Waals surface area (Å²) in [7, 11) is 0. The lowest BCUT2D eigenvalue weighted by molar-refractivity contribution is 0.123. The number of hydrogen-bond acceptors (Lipinski definition) is 3. The molecule has 1 aromatic carbocycles. The van der Waals surface area contributed by atoms with Crippen molar-refractivity contribution >= 4 is 0 Å². The van der Waals surface area contributed by atoms with E-state index in [9.17, 15) is 5.11 Å². The Balaban J connectivity index is 2.42. The summed E-state index contributed by atoms with van der Waals surface area (Å²) in [5.74, 6) is 1.18. The monoisotopic (exact) mass is 251 g/mol. The van der Waals surface area contributed by atoms with Crippen molar-refractivity contribution in [3.8, 4) is 5.75 Å². The molecule has 0 aliphatic heterocycles. The lowest BCUT2D eigenvalue weighted by atomic mass is 10.1. The van der Waals surface area contributed by atoms with Crippen molar-refractivity contribution < 1.29 is 9.84 Å². The summed E-state index contributed by atoms with van der Waals surface area (Å²) in [6, 6.07) is 8.05. The first-order valence-corrected chi connectivity index (χ1v) is 6.63. The number of ether oxygens (including phenoxy) is 1. The SMILES string of the molecule is CC(C)Oc1cccc(CNCC(O)C(C)C)c1. The second-order valence-corrected chi connectivity index (χ2v) is 5.26. The van der Waals surface area contributed by atoms with E-state index in [-0.39, 0.29) is 18.1 Å². The summed E-state index contributed by atoms with van der Waals surface area (Å²) < 4.78 is 5.64. The highest BCUT2D eigenvalue weighted by atomic mass is 16.5. The van der Waals surface area contributed by atoms with Crippen LogP contribution in [0.25, 0.3) is 0 Å². The van der Waals surface area contributed by atoms with Crippen LogP contribution in [0.5, 0.6) is 5.75 Å². The van der Waals surface area contributed by atoms with Crippen molar-refractivity contribution in [1.82, 2.24) is 5.32 Å². The minimum atomic E-state index is -0.292. The first-order chi connectivity index (χ1) is 8.49. The standard InChI is InChI=1S/C15H25NO2/c1-11(2)15(17)10-16-9-13-6-5-7-14(8-13)18-12(3)4/h5-8,11-12,15-17H,9-10H2,1-4H3. The Bertz CT molecular complexity index is 350. The van der Waals surface area contributed by atoms with Gasteiger partial charge in [0.05, 0.1) is 12.2 Å². The number of nitrogens with one attached hydrogen (secondary N) is 1. The normalized spacial score (nSPS) is 13.1. The molecule has 0 bridgehead atoms. The van der Waals surface area contributed by atoms with Gasteiger partial charge in [0.2, 0.25) is 0 Å². The van der Waals surface area contributed by atoms with E-state index in [2.05, 4.69) is 11.4 Å². The lowest BCUT2D eigenvalue weighted by Gasteiger charge is -2.15. The highest BCUT2D eigenvalue weighted by Crippen LogP contribution is 2.14. The van der Waals surface area contributed by atoms with Crippen LogP contribution in [0.15, 0.2) is 24.3 Å². The second-order valence-electron chi connectivity index (χ2n) is 5.26. The molecule has 0 fully saturated rings. The van der Waals surface area contributed by atoms with Crippen molar-refractivity contribution in [2.24, 2.45) is 5.92 Å². The van der Waals surface area contributed by atoms with Gasteiger partial charge in [-0.2, -0.15) is 0 Å². The van der Waals surface area contributed by atoms with Crippen LogP contribution in [0.3, 0.4) is 0 Å².